The summed E-state index contributed by atoms with van der Waals surface area (Å²) in [5.41, 5.74) is 0. The van der Waals surface area contributed by atoms with Gasteiger partial charge in [0.25, 0.3) is 0 Å². The van der Waals surface area contributed by atoms with Crippen LogP contribution in [0.25, 0.3) is 0 Å². The summed E-state index contributed by atoms with van der Waals surface area (Å²) in [6.45, 7) is 0. The summed E-state index contributed by atoms with van der Waals surface area (Å²) in [5.74, 6) is 0. The first-order valence-electron chi connectivity index (χ1n) is 0. The van der Waals surface area contributed by atoms with Gasteiger partial charge >= 0.3 is 23.1 Å². The number of hydrogen-bond acceptors (Lipinski definition) is 0. The SMILES string of the molecule is [MgH2].[Nd].[Y].[Zn]. The van der Waals surface area contributed by atoms with E-state index in [1.807, 2.05) is 0 Å². The molecule has 0 spiro atoms. The largest absolute Gasteiger partial charge is 0.316 e. The zero-order valence-electron chi connectivity index (χ0n) is 1.78. The molecule has 0 rings (SSSR count). The van der Waals surface area contributed by atoms with Crippen LogP contribution in [-0.2, 0) is 52.2 Å². The third kappa shape index (κ3) is 9.28. The van der Waals surface area contributed by atoms with Crippen molar-refractivity contribution in [1.82, 2.24) is 0 Å². The van der Waals surface area contributed by atoms with Crippen molar-refractivity contribution in [3.63, 3.8) is 0 Å². The van der Waals surface area contributed by atoms with Gasteiger partial charge < -0.3 is 0 Å². The molecule has 1 radical (unpaired) electrons. The summed E-state index contributed by atoms with van der Waals surface area (Å²) in [5, 5.41) is 0. The van der Waals surface area contributed by atoms with E-state index in [0.717, 1.165) is 0 Å². The van der Waals surface area contributed by atoms with Crippen molar-refractivity contribution in [2.75, 3.05) is 0 Å². The zero-order chi connectivity index (χ0) is 0. The fraction of sp³-hybridized carbons (Fsp3) is 0. The molecule has 0 aliphatic carbocycles. The smallest absolute Gasteiger partial charge is 0 e. The molecule has 0 atom stereocenters. The predicted molar refractivity (Wildman–Crippen MR) is 8.54 cm³/mol. The molecule has 0 saturated carbocycles. The first-order chi connectivity index (χ1) is 0. The molecule has 0 aliphatic rings. The van der Waals surface area contributed by atoms with Crippen LogP contribution in [0.1, 0.15) is 0 Å². The maximum atomic E-state index is 0. The number of hydrogen-bond donors (Lipinski definition) is 0. The maximum Gasteiger partial charge on any atom is 0.316 e. The van der Waals surface area contributed by atoms with Crippen LogP contribution in [0.4, 0.5) is 0 Å². The van der Waals surface area contributed by atoms with Crippen molar-refractivity contribution in [3.8, 4) is 0 Å². The van der Waals surface area contributed by atoms with Gasteiger partial charge in [-0.15, -0.1) is 0 Å². The molecule has 0 unspecified atom stereocenters. The molecule has 0 bridgehead atoms. The molecule has 0 aromatic rings. The van der Waals surface area contributed by atoms with Gasteiger partial charge in [-0.05, 0) is 0 Å². The van der Waals surface area contributed by atoms with Crippen molar-refractivity contribution in [2.45, 2.75) is 0 Å². The Balaban J connectivity index is 0. The van der Waals surface area contributed by atoms with Crippen LogP contribution in [-0.4, -0.2) is 23.1 Å². The van der Waals surface area contributed by atoms with Crippen molar-refractivity contribution in [3.05, 3.63) is 0 Å². The maximum absolute atomic E-state index is 0. The van der Waals surface area contributed by atoms with E-state index in [0.29, 0.717) is 0 Å². The van der Waals surface area contributed by atoms with Crippen LogP contribution >= 0.6 is 0 Å². The Morgan fingerprint density at radius 1 is 1.00 bits per heavy atom. The van der Waals surface area contributed by atoms with E-state index in [2.05, 4.69) is 0 Å². The molecule has 0 aromatic heterocycles. The van der Waals surface area contributed by atoms with E-state index in [-0.39, 0.29) is 116 Å². The van der Waals surface area contributed by atoms with E-state index >= 15 is 0 Å². The van der Waals surface area contributed by atoms with Crippen molar-refractivity contribution >= 4 is 23.1 Å². The van der Waals surface area contributed by atoms with E-state index in [4.69, 9.17) is 0 Å². The van der Waals surface area contributed by atoms with Gasteiger partial charge in [-0.1, -0.05) is 0 Å². The van der Waals surface area contributed by atoms with Crippen LogP contribution in [0.2, 0.25) is 0 Å². The molecule has 13 valence electrons. The molecule has 0 nitrogen and oxygen atoms in total. The fourth-order valence-corrected chi connectivity index (χ4v) is 0. The van der Waals surface area contributed by atoms with E-state index in [1.165, 1.54) is 0 Å². The minimum Gasteiger partial charge on any atom is 0 e. The van der Waals surface area contributed by atoms with E-state index in [9.17, 15) is 0 Å². The topological polar surface area (TPSA) is 0 Å². The van der Waals surface area contributed by atoms with Gasteiger partial charge in [0.05, 0.1) is 0 Å². The molecule has 0 N–H and O–H groups in total. The van der Waals surface area contributed by atoms with Crippen molar-refractivity contribution in [1.29, 1.82) is 0 Å². The standard InChI is InChI=1S/Mg.Nd.Y.Zn.2H. The minimum atomic E-state index is 0. The Morgan fingerprint density at radius 3 is 1.00 bits per heavy atom. The Hall–Kier alpha value is 3.84. The fourth-order valence-electron chi connectivity index (χ4n) is 0. The molecule has 0 amide bonds. The molecule has 0 aromatic carbocycles. The van der Waals surface area contributed by atoms with Gasteiger partial charge in [-0.3, -0.25) is 0 Å². The molecule has 4 heteroatoms. The molecule has 4 heavy (non-hydrogen) atoms. The normalized spacial score (nSPS) is 0. The van der Waals surface area contributed by atoms with Crippen LogP contribution in [0.15, 0.2) is 0 Å². The zero-order valence-corrected chi connectivity index (χ0v) is 10.8. The summed E-state index contributed by atoms with van der Waals surface area (Å²) >= 11 is 0. The first kappa shape index (κ1) is 24.9. The summed E-state index contributed by atoms with van der Waals surface area (Å²) in [6.07, 6.45) is 0. The van der Waals surface area contributed by atoms with E-state index < -0.39 is 0 Å². The summed E-state index contributed by atoms with van der Waals surface area (Å²) < 4.78 is 0. The minimum absolute atomic E-state index is 0. The van der Waals surface area contributed by atoms with Gasteiger partial charge in [0.15, 0.2) is 0 Å². The molecule has 0 heterocycles. The van der Waals surface area contributed by atoms with Crippen molar-refractivity contribution in [2.24, 2.45) is 0 Å². The van der Waals surface area contributed by atoms with Crippen molar-refractivity contribution < 1.29 is 93.0 Å². The third-order valence-corrected chi connectivity index (χ3v) is 0. The molecule has 0 fully saturated rings. The average Bonchev–Trinajstić information content (AvgIpc) is 0. The predicted octanol–water partition coefficient (Wildman–Crippen LogP) is -0.921. The second kappa shape index (κ2) is 15.8. The summed E-state index contributed by atoms with van der Waals surface area (Å²) in [4.78, 5) is 0. The average molecular weight is 325 g/mol. The van der Waals surface area contributed by atoms with E-state index in [1.54, 1.807) is 0 Å². The summed E-state index contributed by atoms with van der Waals surface area (Å²) in [7, 11) is 0. The molecular weight excluding hydrogens is 323 g/mol. The monoisotopic (exact) mass is 321 g/mol. The Morgan fingerprint density at radius 2 is 1.00 bits per heavy atom. The van der Waals surface area contributed by atoms with Crippen LogP contribution < -0.4 is 0 Å². The van der Waals surface area contributed by atoms with Crippen LogP contribution in [0.3, 0.4) is 0 Å². The van der Waals surface area contributed by atoms with Gasteiger partial charge in [0.1, 0.15) is 0 Å². The Labute approximate surface area is 113 Å². The quantitative estimate of drug-likeness (QED) is 0.506. The van der Waals surface area contributed by atoms with Crippen LogP contribution in [0, 0.1) is 40.8 Å². The molecule has 0 aliphatic heterocycles. The number of rotatable bonds is 0. The molecular formula is H2MgNdYZn. The van der Waals surface area contributed by atoms with Gasteiger partial charge in [0, 0.05) is 93.0 Å². The van der Waals surface area contributed by atoms with Gasteiger partial charge in [-0.2, -0.15) is 0 Å². The van der Waals surface area contributed by atoms with Gasteiger partial charge in [0.2, 0.25) is 0 Å². The Bertz CT molecular complexity index is 8.00. The first-order valence-corrected chi connectivity index (χ1v) is 0. The second-order valence-corrected chi connectivity index (χ2v) is 0. The third-order valence-electron chi connectivity index (χ3n) is 0. The molecule has 0 saturated heterocycles. The summed E-state index contributed by atoms with van der Waals surface area (Å²) in [6, 6.07) is 0. The Kier molecular flexibility index (Phi) is 98.3. The van der Waals surface area contributed by atoms with Gasteiger partial charge in [-0.25, -0.2) is 0 Å². The second-order valence-electron chi connectivity index (χ2n) is 0. The van der Waals surface area contributed by atoms with Crippen LogP contribution in [0.5, 0.6) is 0 Å².